The summed E-state index contributed by atoms with van der Waals surface area (Å²) in [6.45, 7) is 0. The number of rotatable bonds is 2. The fourth-order valence-electron chi connectivity index (χ4n) is 1.85. The SMILES string of the molecule is COc1ccn2c(-c3ccccc3O)nnc2c1. The van der Waals surface area contributed by atoms with E-state index in [2.05, 4.69) is 10.2 Å². The molecule has 1 N–H and O–H groups in total. The molecule has 3 rings (SSSR count). The van der Waals surface area contributed by atoms with Crippen LogP contribution in [0.1, 0.15) is 0 Å². The first-order valence-electron chi connectivity index (χ1n) is 5.47. The van der Waals surface area contributed by atoms with Crippen LogP contribution in [0.3, 0.4) is 0 Å². The minimum Gasteiger partial charge on any atom is -0.507 e. The molecule has 5 heteroatoms. The molecule has 0 aliphatic carbocycles. The summed E-state index contributed by atoms with van der Waals surface area (Å²) in [7, 11) is 1.60. The van der Waals surface area contributed by atoms with E-state index in [-0.39, 0.29) is 5.75 Å². The smallest absolute Gasteiger partial charge is 0.172 e. The molecule has 5 nitrogen and oxygen atoms in total. The van der Waals surface area contributed by atoms with Crippen LogP contribution < -0.4 is 4.74 Å². The Labute approximate surface area is 103 Å². The third-order valence-corrected chi connectivity index (χ3v) is 2.76. The van der Waals surface area contributed by atoms with Gasteiger partial charge in [-0.05, 0) is 18.2 Å². The Balaban J connectivity index is 2.22. The number of fused-ring (bicyclic) bond motifs is 1. The summed E-state index contributed by atoms with van der Waals surface area (Å²) in [5.41, 5.74) is 1.32. The predicted molar refractivity (Wildman–Crippen MR) is 66.6 cm³/mol. The molecule has 0 unspecified atom stereocenters. The average molecular weight is 241 g/mol. The molecule has 2 aromatic heterocycles. The third-order valence-electron chi connectivity index (χ3n) is 2.76. The maximum atomic E-state index is 9.84. The Morgan fingerprint density at radius 1 is 1.17 bits per heavy atom. The van der Waals surface area contributed by atoms with Crippen molar-refractivity contribution in [2.45, 2.75) is 0 Å². The number of phenols is 1. The van der Waals surface area contributed by atoms with Gasteiger partial charge >= 0.3 is 0 Å². The molecule has 0 atom stereocenters. The lowest BCUT2D eigenvalue weighted by atomic mass is 10.2. The molecule has 0 aliphatic heterocycles. The highest BCUT2D eigenvalue weighted by Crippen LogP contribution is 2.28. The number of hydrogen-bond acceptors (Lipinski definition) is 4. The first-order valence-corrected chi connectivity index (χ1v) is 5.47. The van der Waals surface area contributed by atoms with Gasteiger partial charge in [-0.25, -0.2) is 0 Å². The van der Waals surface area contributed by atoms with Crippen molar-refractivity contribution in [3.05, 3.63) is 42.6 Å². The molecular weight excluding hydrogens is 230 g/mol. The third kappa shape index (κ3) is 1.57. The molecule has 0 bridgehead atoms. The second-order valence-electron chi connectivity index (χ2n) is 3.84. The zero-order valence-electron chi connectivity index (χ0n) is 9.74. The number of ether oxygens (including phenoxy) is 1. The molecule has 0 amide bonds. The number of aromatic hydroxyl groups is 1. The molecule has 90 valence electrons. The van der Waals surface area contributed by atoms with Crippen LogP contribution in [0.25, 0.3) is 17.0 Å². The van der Waals surface area contributed by atoms with E-state index in [0.717, 1.165) is 5.75 Å². The fraction of sp³-hybridized carbons (Fsp3) is 0.0769. The fourth-order valence-corrected chi connectivity index (χ4v) is 1.85. The highest BCUT2D eigenvalue weighted by atomic mass is 16.5. The summed E-state index contributed by atoms with van der Waals surface area (Å²) in [6, 6.07) is 10.6. The summed E-state index contributed by atoms with van der Waals surface area (Å²) in [5, 5.41) is 18.0. The van der Waals surface area contributed by atoms with Crippen LogP contribution in [-0.4, -0.2) is 26.8 Å². The number of para-hydroxylation sites is 1. The first-order chi connectivity index (χ1) is 8.79. The number of aromatic nitrogens is 3. The molecule has 0 saturated carbocycles. The van der Waals surface area contributed by atoms with Crippen LogP contribution in [0, 0.1) is 0 Å². The van der Waals surface area contributed by atoms with Crippen LogP contribution in [-0.2, 0) is 0 Å². The first kappa shape index (κ1) is 10.6. The van der Waals surface area contributed by atoms with Crippen molar-refractivity contribution in [3.8, 4) is 22.9 Å². The Hall–Kier alpha value is -2.56. The summed E-state index contributed by atoms with van der Waals surface area (Å²) in [5.74, 6) is 1.51. The van der Waals surface area contributed by atoms with Crippen molar-refractivity contribution in [2.75, 3.05) is 7.11 Å². The number of methoxy groups -OCH3 is 1. The maximum Gasteiger partial charge on any atom is 0.172 e. The van der Waals surface area contributed by atoms with Gasteiger partial charge in [0.05, 0.1) is 12.7 Å². The van der Waals surface area contributed by atoms with E-state index < -0.39 is 0 Å². The van der Waals surface area contributed by atoms with Crippen LogP contribution >= 0.6 is 0 Å². The van der Waals surface area contributed by atoms with Crippen LogP contribution in [0.4, 0.5) is 0 Å². The minimum atomic E-state index is 0.183. The predicted octanol–water partition coefficient (Wildman–Crippen LogP) is 2.11. The molecule has 0 aliphatic rings. The van der Waals surface area contributed by atoms with Crippen molar-refractivity contribution >= 4 is 5.65 Å². The van der Waals surface area contributed by atoms with Gasteiger partial charge in [-0.1, -0.05) is 12.1 Å². The van der Waals surface area contributed by atoms with Gasteiger partial charge in [-0.15, -0.1) is 10.2 Å². The highest BCUT2D eigenvalue weighted by Gasteiger charge is 2.11. The molecule has 2 heterocycles. The summed E-state index contributed by atoms with van der Waals surface area (Å²) < 4.78 is 6.93. The monoisotopic (exact) mass is 241 g/mol. The van der Waals surface area contributed by atoms with Crippen molar-refractivity contribution in [3.63, 3.8) is 0 Å². The molecule has 0 spiro atoms. The number of phenolic OH excluding ortho intramolecular Hbond substituents is 1. The van der Waals surface area contributed by atoms with Gasteiger partial charge < -0.3 is 9.84 Å². The van der Waals surface area contributed by atoms with E-state index in [1.54, 1.807) is 35.8 Å². The Kier molecular flexibility index (Phi) is 2.37. The van der Waals surface area contributed by atoms with Crippen molar-refractivity contribution in [1.82, 2.24) is 14.6 Å². The van der Waals surface area contributed by atoms with Gasteiger partial charge in [0.1, 0.15) is 11.5 Å². The lowest BCUT2D eigenvalue weighted by molar-refractivity contribution is 0.414. The van der Waals surface area contributed by atoms with E-state index >= 15 is 0 Å². The Morgan fingerprint density at radius 2 is 2.00 bits per heavy atom. The zero-order valence-corrected chi connectivity index (χ0v) is 9.74. The summed E-state index contributed by atoms with van der Waals surface area (Å²) in [6.07, 6.45) is 1.82. The molecule has 0 radical (unpaired) electrons. The average Bonchev–Trinajstić information content (AvgIpc) is 2.82. The van der Waals surface area contributed by atoms with E-state index in [0.29, 0.717) is 17.0 Å². The molecular formula is C13H11N3O2. The Bertz CT molecular complexity index is 706. The van der Waals surface area contributed by atoms with Gasteiger partial charge in [-0.2, -0.15) is 0 Å². The van der Waals surface area contributed by atoms with Crippen molar-refractivity contribution < 1.29 is 9.84 Å². The quantitative estimate of drug-likeness (QED) is 0.746. The van der Waals surface area contributed by atoms with Gasteiger partial charge in [0.15, 0.2) is 11.5 Å². The largest absolute Gasteiger partial charge is 0.507 e. The number of pyridine rings is 1. The standard InChI is InChI=1S/C13H11N3O2/c1-18-9-6-7-16-12(8-9)14-15-13(16)10-4-2-3-5-11(10)17/h2-8,17H,1H3. The number of hydrogen-bond donors (Lipinski definition) is 1. The minimum absolute atomic E-state index is 0.183. The highest BCUT2D eigenvalue weighted by molar-refractivity contribution is 5.66. The molecule has 0 saturated heterocycles. The second-order valence-corrected chi connectivity index (χ2v) is 3.84. The van der Waals surface area contributed by atoms with Crippen molar-refractivity contribution in [2.24, 2.45) is 0 Å². The lowest BCUT2D eigenvalue weighted by Crippen LogP contribution is -1.90. The lowest BCUT2D eigenvalue weighted by Gasteiger charge is -2.03. The maximum absolute atomic E-state index is 9.84. The van der Waals surface area contributed by atoms with Crippen LogP contribution in [0.5, 0.6) is 11.5 Å². The molecule has 18 heavy (non-hydrogen) atoms. The second kappa shape index (κ2) is 4.03. The topological polar surface area (TPSA) is 59.7 Å². The van der Waals surface area contributed by atoms with Gasteiger partial charge in [0.2, 0.25) is 0 Å². The van der Waals surface area contributed by atoms with Crippen molar-refractivity contribution in [1.29, 1.82) is 0 Å². The van der Waals surface area contributed by atoms with Gasteiger partial charge in [-0.3, -0.25) is 4.40 Å². The van der Waals surface area contributed by atoms with Crippen LogP contribution in [0.15, 0.2) is 42.6 Å². The van der Waals surface area contributed by atoms with E-state index in [1.807, 2.05) is 18.3 Å². The molecule has 0 fully saturated rings. The zero-order chi connectivity index (χ0) is 12.5. The van der Waals surface area contributed by atoms with E-state index in [9.17, 15) is 5.11 Å². The summed E-state index contributed by atoms with van der Waals surface area (Å²) in [4.78, 5) is 0. The van der Waals surface area contributed by atoms with Gasteiger partial charge in [0, 0.05) is 12.3 Å². The summed E-state index contributed by atoms with van der Waals surface area (Å²) >= 11 is 0. The Morgan fingerprint density at radius 3 is 2.78 bits per heavy atom. The number of benzene rings is 1. The molecule has 1 aromatic carbocycles. The van der Waals surface area contributed by atoms with Gasteiger partial charge in [0.25, 0.3) is 0 Å². The van der Waals surface area contributed by atoms with E-state index in [4.69, 9.17) is 4.74 Å². The molecule has 3 aromatic rings. The number of nitrogens with zero attached hydrogens (tertiary/aromatic N) is 3. The van der Waals surface area contributed by atoms with E-state index in [1.165, 1.54) is 0 Å². The normalized spacial score (nSPS) is 10.7. The van der Waals surface area contributed by atoms with Crippen LogP contribution in [0.2, 0.25) is 0 Å².